The van der Waals surface area contributed by atoms with Crippen LogP contribution >= 0.6 is 0 Å². The summed E-state index contributed by atoms with van der Waals surface area (Å²) in [5.41, 5.74) is 3.64. The van der Waals surface area contributed by atoms with E-state index in [1.807, 2.05) is 17.9 Å². The van der Waals surface area contributed by atoms with Gasteiger partial charge in [0.15, 0.2) is 5.82 Å². The average molecular weight is 446 g/mol. The number of aromatic nitrogens is 3. The Kier molecular flexibility index (Phi) is 6.03. The second-order valence-electron chi connectivity index (χ2n) is 8.88. The number of aryl methyl sites for hydroxylation is 1. The van der Waals surface area contributed by atoms with Crippen LogP contribution in [-0.4, -0.2) is 38.8 Å². The molecule has 2 aliphatic heterocycles. The van der Waals surface area contributed by atoms with Gasteiger partial charge in [-0.3, -0.25) is 9.78 Å². The molecule has 1 aromatic carbocycles. The van der Waals surface area contributed by atoms with Crippen LogP contribution in [0.1, 0.15) is 64.7 Å². The first-order valence-corrected chi connectivity index (χ1v) is 11.7. The van der Waals surface area contributed by atoms with Gasteiger partial charge in [-0.15, -0.1) is 0 Å². The Balaban J connectivity index is 1.48. The van der Waals surface area contributed by atoms with E-state index >= 15 is 0 Å². The fourth-order valence-electron chi connectivity index (χ4n) is 4.97. The number of carbonyl (C=O) groups excluding carboxylic acids is 1. The molecular weight excluding hydrogens is 417 g/mol. The van der Waals surface area contributed by atoms with Crippen molar-refractivity contribution in [1.29, 1.82) is 0 Å². The van der Waals surface area contributed by atoms with E-state index in [9.17, 15) is 9.18 Å². The Morgan fingerprint density at radius 1 is 1.12 bits per heavy atom. The van der Waals surface area contributed by atoms with Crippen molar-refractivity contribution in [2.45, 2.75) is 51.6 Å². The fourth-order valence-corrected chi connectivity index (χ4v) is 4.97. The molecule has 0 radical (unpaired) electrons. The van der Waals surface area contributed by atoms with Gasteiger partial charge in [-0.05, 0) is 68.9 Å². The average Bonchev–Trinajstić information content (AvgIpc) is 2.84. The zero-order chi connectivity index (χ0) is 22.8. The maximum atomic E-state index is 13.8. The number of halogens is 1. The number of carbonyl (C=O) groups is 1. The minimum absolute atomic E-state index is 0.0246. The Bertz CT molecular complexity index is 1150. The van der Waals surface area contributed by atoms with E-state index in [0.29, 0.717) is 24.5 Å². The molecule has 2 aliphatic rings. The highest BCUT2D eigenvalue weighted by Gasteiger charge is 2.33. The van der Waals surface area contributed by atoms with Crippen LogP contribution in [0.4, 0.5) is 10.2 Å². The first-order valence-electron chi connectivity index (χ1n) is 11.7. The third-order valence-electron chi connectivity index (χ3n) is 6.60. The third kappa shape index (κ3) is 4.45. The van der Waals surface area contributed by atoms with E-state index in [0.717, 1.165) is 61.3 Å². The van der Waals surface area contributed by atoms with Crippen molar-refractivity contribution in [3.8, 4) is 0 Å². The second-order valence-corrected chi connectivity index (χ2v) is 8.88. The molecule has 0 aliphatic carbocycles. The normalized spacial score (nSPS) is 18.2. The van der Waals surface area contributed by atoms with Gasteiger partial charge in [0.25, 0.3) is 5.91 Å². The molecule has 0 spiro atoms. The summed E-state index contributed by atoms with van der Waals surface area (Å²) in [6.45, 7) is 4.18. The molecule has 1 fully saturated rings. The van der Waals surface area contributed by atoms with Crippen molar-refractivity contribution in [2.75, 3.05) is 18.0 Å². The van der Waals surface area contributed by atoms with E-state index in [2.05, 4.69) is 9.88 Å². The maximum Gasteiger partial charge on any atom is 0.256 e. The van der Waals surface area contributed by atoms with Gasteiger partial charge >= 0.3 is 0 Å². The predicted octanol–water partition coefficient (Wildman–Crippen LogP) is 4.64. The quantitative estimate of drug-likeness (QED) is 0.586. The number of hydrogen-bond acceptors (Lipinski definition) is 5. The molecule has 0 bridgehead atoms. The number of anilines is 1. The van der Waals surface area contributed by atoms with E-state index in [1.165, 1.54) is 6.07 Å². The molecular formula is C26H28FN5O. The Morgan fingerprint density at radius 3 is 2.85 bits per heavy atom. The minimum Gasteiger partial charge on any atom is -0.352 e. The molecule has 1 atom stereocenters. The number of rotatable bonds is 4. The van der Waals surface area contributed by atoms with Crippen molar-refractivity contribution in [3.63, 3.8) is 0 Å². The molecule has 0 N–H and O–H groups in total. The lowest BCUT2D eigenvalue weighted by molar-refractivity contribution is 0.0599. The van der Waals surface area contributed by atoms with Crippen LogP contribution in [0.3, 0.4) is 0 Å². The smallest absolute Gasteiger partial charge is 0.256 e. The van der Waals surface area contributed by atoms with Crippen LogP contribution in [-0.2, 0) is 13.0 Å². The summed E-state index contributed by atoms with van der Waals surface area (Å²) in [6.07, 6.45) is 8.09. The van der Waals surface area contributed by atoms with Gasteiger partial charge in [0, 0.05) is 43.3 Å². The summed E-state index contributed by atoms with van der Waals surface area (Å²) in [5, 5.41) is 0. The summed E-state index contributed by atoms with van der Waals surface area (Å²) < 4.78 is 13.8. The second kappa shape index (κ2) is 9.25. The number of hydrogen-bond donors (Lipinski definition) is 0. The number of likely N-dealkylation sites (tertiary alicyclic amines) is 1. The van der Waals surface area contributed by atoms with E-state index in [1.54, 1.807) is 36.7 Å². The molecule has 1 amide bonds. The van der Waals surface area contributed by atoms with Crippen LogP contribution in [0.2, 0.25) is 0 Å². The molecule has 170 valence electrons. The zero-order valence-electron chi connectivity index (χ0n) is 18.9. The molecule has 3 aromatic rings. The highest BCUT2D eigenvalue weighted by atomic mass is 19.1. The van der Waals surface area contributed by atoms with E-state index in [-0.39, 0.29) is 17.8 Å². The van der Waals surface area contributed by atoms with Gasteiger partial charge in [-0.2, -0.15) is 0 Å². The predicted molar refractivity (Wildman–Crippen MR) is 124 cm³/mol. The lowest BCUT2D eigenvalue weighted by Crippen LogP contribution is -2.40. The highest BCUT2D eigenvalue weighted by Crippen LogP contribution is 2.34. The van der Waals surface area contributed by atoms with Crippen LogP contribution in [0.5, 0.6) is 0 Å². The Labute approximate surface area is 193 Å². The van der Waals surface area contributed by atoms with Gasteiger partial charge < -0.3 is 9.80 Å². The van der Waals surface area contributed by atoms with Crippen LogP contribution < -0.4 is 4.90 Å². The number of nitrogens with zero attached hydrogens (tertiary/aromatic N) is 5. The standard InChI is InChI=1S/C26H28FN5O/c1-18-22-10-6-13-31(17-19-7-4-9-21(27)15-19)25(22)30-24(29-18)23-11-2-3-14-32(23)26(33)20-8-5-12-28-16-20/h4-5,7-9,12,15-16,23H,2-3,6,10-11,13-14,17H2,1H3. The summed E-state index contributed by atoms with van der Waals surface area (Å²) in [4.78, 5) is 31.4. The summed E-state index contributed by atoms with van der Waals surface area (Å²) in [6, 6.07) is 10.2. The molecule has 7 heteroatoms. The molecule has 2 aromatic heterocycles. The van der Waals surface area contributed by atoms with E-state index in [4.69, 9.17) is 9.97 Å². The lowest BCUT2D eigenvalue weighted by Gasteiger charge is -2.36. The van der Waals surface area contributed by atoms with Crippen molar-refractivity contribution in [1.82, 2.24) is 19.9 Å². The number of pyridine rings is 1. The highest BCUT2D eigenvalue weighted by molar-refractivity contribution is 5.94. The van der Waals surface area contributed by atoms with Gasteiger partial charge in [-0.1, -0.05) is 12.1 Å². The van der Waals surface area contributed by atoms with Gasteiger partial charge in [-0.25, -0.2) is 14.4 Å². The maximum absolute atomic E-state index is 13.8. The summed E-state index contributed by atoms with van der Waals surface area (Å²) in [5.74, 6) is 1.38. The summed E-state index contributed by atoms with van der Waals surface area (Å²) >= 11 is 0. The van der Waals surface area contributed by atoms with Crippen LogP contribution in [0.15, 0.2) is 48.8 Å². The minimum atomic E-state index is -0.226. The molecule has 0 saturated carbocycles. The largest absolute Gasteiger partial charge is 0.352 e. The molecule has 4 heterocycles. The number of benzene rings is 1. The van der Waals surface area contributed by atoms with Crippen molar-refractivity contribution < 1.29 is 9.18 Å². The first-order chi connectivity index (χ1) is 16.1. The van der Waals surface area contributed by atoms with Crippen molar-refractivity contribution in [2.24, 2.45) is 0 Å². The van der Waals surface area contributed by atoms with Crippen molar-refractivity contribution in [3.05, 3.63) is 82.8 Å². The third-order valence-corrected chi connectivity index (χ3v) is 6.60. The molecule has 6 nitrogen and oxygen atoms in total. The zero-order valence-corrected chi connectivity index (χ0v) is 18.9. The van der Waals surface area contributed by atoms with Gasteiger partial charge in [0.05, 0.1) is 11.6 Å². The SMILES string of the molecule is Cc1nc(C2CCCCN2C(=O)c2cccnc2)nc2c1CCCN2Cc1cccc(F)c1. The van der Waals surface area contributed by atoms with Gasteiger partial charge in [0.2, 0.25) is 0 Å². The lowest BCUT2D eigenvalue weighted by atomic mass is 9.98. The number of fused-ring (bicyclic) bond motifs is 1. The number of amides is 1. The molecule has 33 heavy (non-hydrogen) atoms. The topological polar surface area (TPSA) is 62.2 Å². The monoisotopic (exact) mass is 445 g/mol. The first kappa shape index (κ1) is 21.5. The van der Waals surface area contributed by atoms with Crippen LogP contribution in [0.25, 0.3) is 0 Å². The summed E-state index contributed by atoms with van der Waals surface area (Å²) in [7, 11) is 0. The Morgan fingerprint density at radius 2 is 2.03 bits per heavy atom. The van der Waals surface area contributed by atoms with Gasteiger partial charge in [0.1, 0.15) is 11.6 Å². The van der Waals surface area contributed by atoms with Crippen molar-refractivity contribution >= 4 is 11.7 Å². The molecule has 1 saturated heterocycles. The van der Waals surface area contributed by atoms with Crippen LogP contribution in [0, 0.1) is 12.7 Å². The molecule has 1 unspecified atom stereocenters. The fraction of sp³-hybridized carbons (Fsp3) is 0.385. The Hall–Kier alpha value is -3.35. The number of piperidine rings is 1. The molecule has 5 rings (SSSR count). The van der Waals surface area contributed by atoms with E-state index < -0.39 is 0 Å².